The second-order valence-electron chi connectivity index (χ2n) is 5.96. The van der Waals surface area contributed by atoms with Crippen molar-refractivity contribution in [2.45, 2.75) is 13.0 Å². The number of nitrogens with one attached hydrogen (secondary N) is 2. The second-order valence-corrected chi connectivity index (χ2v) is 5.96. The molecule has 2 N–H and O–H groups in total. The molecule has 4 rings (SSSR count). The van der Waals surface area contributed by atoms with Crippen molar-refractivity contribution in [2.24, 2.45) is 0 Å². The van der Waals surface area contributed by atoms with Crippen molar-refractivity contribution < 1.29 is 0 Å². The molecule has 2 heterocycles. The third-order valence-electron chi connectivity index (χ3n) is 4.22. The topological polar surface area (TPSA) is 57.8 Å². The maximum atomic E-state index is 12.2. The molecule has 0 bridgehead atoms. The maximum absolute atomic E-state index is 12.2. The number of benzene rings is 2. The molecule has 0 saturated carbocycles. The molecule has 0 atom stereocenters. The quantitative estimate of drug-likeness (QED) is 0.675. The number of rotatable bonds is 1. The van der Waals surface area contributed by atoms with E-state index in [0.29, 0.717) is 12.4 Å². The third kappa shape index (κ3) is 3.37. The van der Waals surface area contributed by atoms with Gasteiger partial charge >= 0.3 is 0 Å². The number of aromatic amines is 1. The molecule has 0 saturated heterocycles. The molecule has 4 nitrogen and oxygen atoms in total. The summed E-state index contributed by atoms with van der Waals surface area (Å²) in [4.78, 5) is 19.7. The Hall–Kier alpha value is -3.16. The van der Waals surface area contributed by atoms with Crippen LogP contribution in [0.4, 0.5) is 0 Å². The van der Waals surface area contributed by atoms with Crippen LogP contribution >= 0.6 is 0 Å². The second kappa shape index (κ2) is 6.76. The summed E-state index contributed by atoms with van der Waals surface area (Å²) in [6.07, 6.45) is 0.785. The van der Waals surface area contributed by atoms with Gasteiger partial charge in [-0.3, -0.25) is 4.79 Å². The van der Waals surface area contributed by atoms with Crippen LogP contribution in [0.1, 0.15) is 22.4 Å². The van der Waals surface area contributed by atoms with Crippen LogP contribution in [-0.4, -0.2) is 16.5 Å². The van der Waals surface area contributed by atoms with Crippen LogP contribution in [0.25, 0.3) is 11.4 Å². The van der Waals surface area contributed by atoms with Gasteiger partial charge in [0.05, 0.1) is 11.3 Å². The first-order chi connectivity index (χ1) is 12.3. The third-order valence-corrected chi connectivity index (χ3v) is 4.22. The van der Waals surface area contributed by atoms with E-state index in [1.54, 1.807) is 0 Å². The Morgan fingerprint density at radius 2 is 1.64 bits per heavy atom. The minimum Gasteiger partial charge on any atom is -0.312 e. The zero-order chi connectivity index (χ0) is 17.1. The molecule has 1 aliphatic rings. The summed E-state index contributed by atoms with van der Waals surface area (Å²) in [5, 5.41) is 3.20. The molecule has 0 amide bonds. The molecule has 25 heavy (non-hydrogen) atoms. The summed E-state index contributed by atoms with van der Waals surface area (Å²) < 4.78 is 0. The number of hydrogen-bond donors (Lipinski definition) is 2. The first kappa shape index (κ1) is 15.4. The number of fused-ring (bicyclic) bond motifs is 1. The van der Waals surface area contributed by atoms with Crippen molar-refractivity contribution >= 4 is 0 Å². The van der Waals surface area contributed by atoms with Crippen LogP contribution < -0.4 is 10.9 Å². The zero-order valence-electron chi connectivity index (χ0n) is 13.7. The average Bonchev–Trinajstić information content (AvgIpc) is 2.68. The number of nitrogens with zero attached hydrogens (tertiary/aromatic N) is 1. The van der Waals surface area contributed by atoms with Gasteiger partial charge in [0.15, 0.2) is 0 Å². The Bertz CT molecular complexity index is 1010. The van der Waals surface area contributed by atoms with E-state index in [-0.39, 0.29) is 5.56 Å². The van der Waals surface area contributed by atoms with Crippen LogP contribution in [-0.2, 0) is 13.0 Å². The lowest BCUT2D eigenvalue weighted by molar-refractivity contribution is 0.621. The molecule has 1 aromatic heterocycles. The average molecular weight is 327 g/mol. The Balaban J connectivity index is 1.62. The lowest BCUT2D eigenvalue weighted by atomic mass is 10.1. The lowest BCUT2D eigenvalue weighted by Gasteiger charge is -2.15. The Kier molecular flexibility index (Phi) is 4.16. The minimum absolute atomic E-state index is 0.0554. The predicted molar refractivity (Wildman–Crippen MR) is 98.1 cm³/mol. The molecule has 0 unspecified atom stereocenters. The van der Waals surface area contributed by atoms with Gasteiger partial charge in [0.25, 0.3) is 5.56 Å². The molecule has 3 aromatic rings. The van der Waals surface area contributed by atoms with Gasteiger partial charge in [-0.15, -0.1) is 0 Å². The number of aromatic nitrogens is 2. The minimum atomic E-state index is -0.0554. The maximum Gasteiger partial charge on any atom is 0.255 e. The smallest absolute Gasteiger partial charge is 0.255 e. The fraction of sp³-hybridized carbons (Fsp3) is 0.143. The zero-order valence-corrected chi connectivity index (χ0v) is 13.7. The van der Waals surface area contributed by atoms with Gasteiger partial charge < -0.3 is 10.3 Å². The fourth-order valence-electron chi connectivity index (χ4n) is 2.87. The van der Waals surface area contributed by atoms with E-state index < -0.39 is 0 Å². The van der Waals surface area contributed by atoms with E-state index in [9.17, 15) is 4.79 Å². The van der Waals surface area contributed by atoms with Crippen molar-refractivity contribution in [1.82, 2.24) is 15.3 Å². The molecule has 0 fully saturated rings. The van der Waals surface area contributed by atoms with E-state index in [1.165, 1.54) is 0 Å². The highest BCUT2D eigenvalue weighted by Crippen LogP contribution is 2.17. The van der Waals surface area contributed by atoms with Crippen LogP contribution in [0.15, 0.2) is 59.4 Å². The van der Waals surface area contributed by atoms with E-state index >= 15 is 0 Å². The molecule has 2 aromatic carbocycles. The molecule has 4 heteroatoms. The van der Waals surface area contributed by atoms with Crippen LogP contribution in [0.3, 0.4) is 0 Å². The van der Waals surface area contributed by atoms with E-state index in [2.05, 4.69) is 27.1 Å². The highest BCUT2D eigenvalue weighted by atomic mass is 16.1. The Morgan fingerprint density at radius 1 is 0.920 bits per heavy atom. The molecular weight excluding hydrogens is 310 g/mol. The molecule has 0 radical (unpaired) electrons. The van der Waals surface area contributed by atoms with Crippen molar-refractivity contribution in [2.75, 3.05) is 6.54 Å². The van der Waals surface area contributed by atoms with E-state index in [1.807, 2.05) is 54.6 Å². The Labute approximate surface area is 146 Å². The van der Waals surface area contributed by atoms with Gasteiger partial charge in [0, 0.05) is 36.2 Å². The Morgan fingerprint density at radius 3 is 2.40 bits per heavy atom. The SMILES string of the molecule is O=c1[nH]c(-c2ccc(C#Cc3ccccc3)cc2)nc2c1CNCC2. The van der Waals surface area contributed by atoms with Gasteiger partial charge in [0.2, 0.25) is 0 Å². The van der Waals surface area contributed by atoms with E-state index in [4.69, 9.17) is 0 Å². The first-order valence-corrected chi connectivity index (χ1v) is 8.30. The van der Waals surface area contributed by atoms with Gasteiger partial charge in [-0.2, -0.15) is 0 Å². The monoisotopic (exact) mass is 327 g/mol. The van der Waals surface area contributed by atoms with E-state index in [0.717, 1.165) is 40.9 Å². The summed E-state index contributed by atoms with van der Waals surface area (Å²) >= 11 is 0. The molecule has 0 aliphatic carbocycles. The van der Waals surface area contributed by atoms with Crippen molar-refractivity contribution in [3.63, 3.8) is 0 Å². The van der Waals surface area contributed by atoms with Crippen molar-refractivity contribution in [3.8, 4) is 23.2 Å². The molecule has 1 aliphatic heterocycles. The van der Waals surface area contributed by atoms with Crippen LogP contribution in [0.2, 0.25) is 0 Å². The van der Waals surface area contributed by atoms with Crippen LogP contribution in [0, 0.1) is 11.8 Å². The summed E-state index contributed by atoms with van der Waals surface area (Å²) in [5.41, 5.74) is 4.40. The van der Waals surface area contributed by atoms with Gasteiger partial charge in [0.1, 0.15) is 5.82 Å². The highest BCUT2D eigenvalue weighted by molar-refractivity contribution is 5.57. The molecule has 122 valence electrons. The van der Waals surface area contributed by atoms with Crippen molar-refractivity contribution in [3.05, 3.63) is 87.3 Å². The fourth-order valence-corrected chi connectivity index (χ4v) is 2.87. The predicted octanol–water partition coefficient (Wildman–Crippen LogP) is 2.48. The summed E-state index contributed by atoms with van der Waals surface area (Å²) in [6, 6.07) is 17.7. The summed E-state index contributed by atoms with van der Waals surface area (Å²) in [7, 11) is 0. The summed E-state index contributed by atoms with van der Waals surface area (Å²) in [6.45, 7) is 1.45. The number of H-pyrrole nitrogens is 1. The largest absolute Gasteiger partial charge is 0.312 e. The standard InChI is InChI=1S/C21H17N3O/c25-21-18-14-22-13-12-19(18)23-20(24-21)17-10-8-16(9-11-17)7-6-15-4-2-1-3-5-15/h1-5,8-11,22H,12-14H2,(H,23,24,25). The normalized spacial score (nSPS) is 12.8. The van der Waals surface area contributed by atoms with Crippen molar-refractivity contribution in [1.29, 1.82) is 0 Å². The van der Waals surface area contributed by atoms with Gasteiger partial charge in [-0.1, -0.05) is 42.2 Å². The summed E-state index contributed by atoms with van der Waals surface area (Å²) in [5.74, 6) is 6.91. The molecule has 0 spiro atoms. The highest BCUT2D eigenvalue weighted by Gasteiger charge is 2.15. The molecular formula is C21H17N3O. The van der Waals surface area contributed by atoms with Crippen LogP contribution in [0.5, 0.6) is 0 Å². The van der Waals surface area contributed by atoms with Gasteiger partial charge in [-0.05, 0) is 24.3 Å². The van der Waals surface area contributed by atoms with Gasteiger partial charge in [-0.25, -0.2) is 4.98 Å². The lowest BCUT2D eigenvalue weighted by Crippen LogP contribution is -2.31. The first-order valence-electron chi connectivity index (χ1n) is 8.30. The number of hydrogen-bond acceptors (Lipinski definition) is 3.